The Kier molecular flexibility index (Phi) is 48.1. The highest BCUT2D eigenvalue weighted by Crippen LogP contribution is 2.13. The van der Waals surface area contributed by atoms with Crippen molar-refractivity contribution in [1.29, 1.82) is 0 Å². The first kappa shape index (κ1) is 59.8. The minimum Gasteiger partial charge on any atom is -0.462 e. The molecule has 0 saturated carbocycles. The molecule has 0 saturated heterocycles. The van der Waals surface area contributed by atoms with Gasteiger partial charge in [0, 0.05) is 19.3 Å². The van der Waals surface area contributed by atoms with Gasteiger partial charge in [0.1, 0.15) is 13.2 Å². The quantitative estimate of drug-likeness (QED) is 0.0199. The number of hydrogen-bond donors (Lipinski definition) is 0. The third-order valence-corrected chi connectivity index (χ3v) is 10.3. The molecular formula is C58H92O6. The molecule has 0 amide bonds. The number of carbonyl (C=O) groups excluding carboxylic acids is 3. The molecule has 0 aromatic carbocycles. The molecule has 0 aliphatic carbocycles. The van der Waals surface area contributed by atoms with E-state index in [1.165, 1.54) is 44.9 Å². The highest BCUT2D eigenvalue weighted by atomic mass is 16.6. The molecule has 0 spiro atoms. The molecule has 0 heterocycles. The summed E-state index contributed by atoms with van der Waals surface area (Å²) >= 11 is 0. The molecule has 6 nitrogen and oxygen atoms in total. The molecule has 1 atom stereocenters. The summed E-state index contributed by atoms with van der Waals surface area (Å²) in [6, 6.07) is 0. The fourth-order valence-corrected chi connectivity index (χ4v) is 6.50. The molecule has 360 valence electrons. The number of rotatable bonds is 44. The van der Waals surface area contributed by atoms with Crippen molar-refractivity contribution < 1.29 is 28.6 Å². The summed E-state index contributed by atoms with van der Waals surface area (Å²) in [5, 5.41) is 0. The summed E-state index contributed by atoms with van der Waals surface area (Å²) in [6.45, 7) is 6.35. The molecule has 0 N–H and O–H groups in total. The highest BCUT2D eigenvalue weighted by Gasteiger charge is 2.19. The van der Waals surface area contributed by atoms with Crippen molar-refractivity contribution >= 4 is 17.9 Å². The van der Waals surface area contributed by atoms with Gasteiger partial charge in [-0.15, -0.1) is 0 Å². The fourth-order valence-electron chi connectivity index (χ4n) is 6.50. The lowest BCUT2D eigenvalue weighted by Gasteiger charge is -2.18. The van der Waals surface area contributed by atoms with Gasteiger partial charge in [-0.2, -0.15) is 0 Å². The zero-order valence-electron chi connectivity index (χ0n) is 41.0. The largest absolute Gasteiger partial charge is 0.462 e. The second-order valence-electron chi connectivity index (χ2n) is 16.5. The van der Waals surface area contributed by atoms with E-state index in [0.717, 1.165) is 122 Å². The Balaban J connectivity index is 4.48. The van der Waals surface area contributed by atoms with Gasteiger partial charge in [-0.25, -0.2) is 0 Å². The van der Waals surface area contributed by atoms with Crippen molar-refractivity contribution in [2.75, 3.05) is 13.2 Å². The number of esters is 3. The molecule has 0 aliphatic rings. The van der Waals surface area contributed by atoms with Crippen molar-refractivity contribution in [3.63, 3.8) is 0 Å². The van der Waals surface area contributed by atoms with E-state index in [1.807, 2.05) is 36.5 Å². The maximum absolute atomic E-state index is 12.8. The van der Waals surface area contributed by atoms with Crippen LogP contribution in [0.2, 0.25) is 0 Å². The summed E-state index contributed by atoms with van der Waals surface area (Å²) in [5.41, 5.74) is 0. The summed E-state index contributed by atoms with van der Waals surface area (Å²) in [7, 11) is 0. The van der Waals surface area contributed by atoms with Gasteiger partial charge < -0.3 is 14.2 Å². The molecule has 0 aromatic rings. The molecule has 1 unspecified atom stereocenters. The van der Waals surface area contributed by atoms with Gasteiger partial charge in [0.25, 0.3) is 0 Å². The van der Waals surface area contributed by atoms with Crippen LogP contribution in [-0.4, -0.2) is 37.2 Å². The average Bonchev–Trinajstić information content (AvgIpc) is 3.29. The minimum absolute atomic E-state index is 0.102. The van der Waals surface area contributed by atoms with Crippen molar-refractivity contribution in [2.24, 2.45) is 0 Å². The van der Waals surface area contributed by atoms with E-state index in [4.69, 9.17) is 14.2 Å². The van der Waals surface area contributed by atoms with E-state index in [9.17, 15) is 14.4 Å². The first-order valence-electron chi connectivity index (χ1n) is 25.6. The standard InChI is InChI=1S/C58H92O6/c1-4-7-10-13-16-19-21-23-25-27-29-31-32-34-36-39-42-45-48-51-57(60)63-54-55(53-62-56(59)50-47-44-41-38-18-15-12-9-6-3)64-58(61)52-49-46-43-40-37-35-33-30-28-26-24-22-20-17-14-11-8-5-2/h7,10-11,14,16-17,19-20,22-26,28-31,33-34,36,55H,4-6,8-9,12-13,15,18,21,27,32,35,37-54H2,1-3H3/b10-7-,14-11-,19-16-,20-17-,24-22-,25-23-,28-26-,31-29-,33-30-,36-34-. The first-order chi connectivity index (χ1) is 31.5. The number of allylic oxidation sites excluding steroid dienone is 20. The molecule has 0 aliphatic heterocycles. The topological polar surface area (TPSA) is 78.9 Å². The molecule has 0 radical (unpaired) electrons. The fraction of sp³-hybridized carbons (Fsp3) is 0.603. The zero-order valence-corrected chi connectivity index (χ0v) is 41.0. The van der Waals surface area contributed by atoms with Gasteiger partial charge in [0.2, 0.25) is 0 Å². The zero-order chi connectivity index (χ0) is 46.5. The van der Waals surface area contributed by atoms with Crippen molar-refractivity contribution in [3.8, 4) is 0 Å². The van der Waals surface area contributed by atoms with Gasteiger partial charge in [-0.1, -0.05) is 226 Å². The van der Waals surface area contributed by atoms with Crippen LogP contribution < -0.4 is 0 Å². The van der Waals surface area contributed by atoms with Crippen LogP contribution in [0.4, 0.5) is 0 Å². The number of ether oxygens (including phenoxy) is 3. The van der Waals surface area contributed by atoms with E-state index in [-0.39, 0.29) is 37.5 Å². The third kappa shape index (κ3) is 48.8. The van der Waals surface area contributed by atoms with Gasteiger partial charge in [0.15, 0.2) is 6.10 Å². The second kappa shape index (κ2) is 51.4. The molecule has 64 heavy (non-hydrogen) atoms. The monoisotopic (exact) mass is 885 g/mol. The molecule has 0 fully saturated rings. The lowest BCUT2D eigenvalue weighted by atomic mass is 10.1. The van der Waals surface area contributed by atoms with Crippen LogP contribution in [0.15, 0.2) is 122 Å². The Morgan fingerprint density at radius 3 is 1.17 bits per heavy atom. The van der Waals surface area contributed by atoms with Crippen LogP contribution in [0.3, 0.4) is 0 Å². The Bertz CT molecular complexity index is 1390. The average molecular weight is 885 g/mol. The maximum atomic E-state index is 12.8. The smallest absolute Gasteiger partial charge is 0.306 e. The van der Waals surface area contributed by atoms with Crippen LogP contribution >= 0.6 is 0 Å². The number of unbranched alkanes of at least 4 members (excludes halogenated alkanes) is 17. The molecule has 0 aromatic heterocycles. The molecule has 0 rings (SSSR count). The van der Waals surface area contributed by atoms with Crippen LogP contribution in [0.5, 0.6) is 0 Å². The normalized spacial score (nSPS) is 13.1. The van der Waals surface area contributed by atoms with E-state index >= 15 is 0 Å². The molecule has 0 bridgehead atoms. The van der Waals surface area contributed by atoms with Crippen LogP contribution in [0.1, 0.15) is 207 Å². The van der Waals surface area contributed by atoms with Gasteiger partial charge in [0.05, 0.1) is 0 Å². The van der Waals surface area contributed by atoms with Gasteiger partial charge >= 0.3 is 17.9 Å². The number of hydrogen-bond acceptors (Lipinski definition) is 6. The predicted molar refractivity (Wildman–Crippen MR) is 274 cm³/mol. The summed E-state index contributed by atoms with van der Waals surface area (Å²) in [6.07, 6.45) is 70.3. The Hall–Kier alpha value is -4.19. The Morgan fingerprint density at radius 1 is 0.344 bits per heavy atom. The molecule has 6 heteroatoms. The van der Waals surface area contributed by atoms with E-state index in [0.29, 0.717) is 12.8 Å². The summed E-state index contributed by atoms with van der Waals surface area (Å²) in [4.78, 5) is 37.9. The van der Waals surface area contributed by atoms with Crippen molar-refractivity contribution in [3.05, 3.63) is 122 Å². The summed E-state index contributed by atoms with van der Waals surface area (Å²) < 4.78 is 16.7. The Labute approximate surface area is 392 Å². The van der Waals surface area contributed by atoms with Crippen LogP contribution in [0.25, 0.3) is 0 Å². The lowest BCUT2D eigenvalue weighted by Crippen LogP contribution is -2.30. The third-order valence-electron chi connectivity index (χ3n) is 10.3. The Morgan fingerprint density at radius 2 is 0.703 bits per heavy atom. The molecular weight excluding hydrogens is 793 g/mol. The lowest BCUT2D eigenvalue weighted by molar-refractivity contribution is -0.167. The second-order valence-corrected chi connectivity index (χ2v) is 16.5. The van der Waals surface area contributed by atoms with Crippen molar-refractivity contribution in [2.45, 2.75) is 213 Å². The van der Waals surface area contributed by atoms with Crippen molar-refractivity contribution in [1.82, 2.24) is 0 Å². The minimum atomic E-state index is -0.806. The van der Waals surface area contributed by atoms with E-state index in [2.05, 4.69) is 106 Å². The SMILES string of the molecule is CC/C=C\C/C=C\C/C=C\C/C=C\C/C=C\CCCCCC(=O)OCC(COC(=O)CCCCCCCCCCC)OC(=O)CCCCCCC\C=C/C=C\C=C/C=C\C=C/CCC. The first-order valence-corrected chi connectivity index (χ1v) is 25.6. The van der Waals surface area contributed by atoms with Crippen LogP contribution in [0, 0.1) is 0 Å². The highest BCUT2D eigenvalue weighted by molar-refractivity contribution is 5.71. The predicted octanol–water partition coefficient (Wildman–Crippen LogP) is 16.9. The maximum Gasteiger partial charge on any atom is 0.306 e. The van der Waals surface area contributed by atoms with Gasteiger partial charge in [-0.05, 0) is 83.5 Å². The van der Waals surface area contributed by atoms with E-state index < -0.39 is 6.10 Å². The summed E-state index contributed by atoms with van der Waals surface area (Å²) in [5.74, 6) is -0.971. The van der Waals surface area contributed by atoms with Gasteiger partial charge in [-0.3, -0.25) is 14.4 Å². The van der Waals surface area contributed by atoms with Crippen LogP contribution in [-0.2, 0) is 28.6 Å². The van der Waals surface area contributed by atoms with E-state index in [1.54, 1.807) is 0 Å². The number of carbonyl (C=O) groups is 3.